The van der Waals surface area contributed by atoms with Gasteiger partial charge >= 0.3 is 6.09 Å². The first-order valence-corrected chi connectivity index (χ1v) is 5.48. The Kier molecular flexibility index (Phi) is 3.60. The maximum Gasteiger partial charge on any atom is 0.410 e. The molecule has 88 valence electrons. The monoisotopic (exact) mass is 214 g/mol. The first-order chi connectivity index (χ1) is 6.81. The van der Waals surface area contributed by atoms with E-state index in [1.54, 1.807) is 11.9 Å². The Bertz CT molecular complexity index is 231. The molecule has 0 aromatic carbocycles. The molecule has 4 heteroatoms. The van der Waals surface area contributed by atoms with Gasteiger partial charge in [0, 0.05) is 32.1 Å². The zero-order valence-corrected chi connectivity index (χ0v) is 10.3. The van der Waals surface area contributed by atoms with Crippen LogP contribution in [0.2, 0.25) is 0 Å². The molecule has 1 heterocycles. The van der Waals surface area contributed by atoms with Crippen molar-refractivity contribution in [2.45, 2.75) is 39.3 Å². The molecule has 1 aliphatic rings. The Labute approximate surface area is 92.0 Å². The van der Waals surface area contributed by atoms with E-state index >= 15 is 0 Å². The number of hydrogen-bond acceptors (Lipinski definition) is 3. The molecule has 0 aromatic heterocycles. The standard InChI is InChI=1S/C11H22N2O2/c1-8(9-6-12-7-9)13(5)10(14)15-11(2,3)4/h8-9,12H,6-7H2,1-5H3. The third-order valence-corrected chi connectivity index (χ3v) is 2.79. The van der Waals surface area contributed by atoms with Gasteiger partial charge in [-0.1, -0.05) is 0 Å². The molecule has 15 heavy (non-hydrogen) atoms. The fourth-order valence-corrected chi connectivity index (χ4v) is 1.47. The molecular weight excluding hydrogens is 192 g/mol. The molecular formula is C11H22N2O2. The molecule has 1 fully saturated rings. The van der Waals surface area contributed by atoms with Crippen LogP contribution in [0.4, 0.5) is 4.79 Å². The van der Waals surface area contributed by atoms with E-state index in [0.717, 1.165) is 13.1 Å². The highest BCUT2D eigenvalue weighted by Gasteiger charge is 2.30. The molecule has 1 rings (SSSR count). The minimum atomic E-state index is -0.414. The number of nitrogens with one attached hydrogen (secondary N) is 1. The zero-order chi connectivity index (χ0) is 11.6. The lowest BCUT2D eigenvalue weighted by molar-refractivity contribution is 0.0154. The normalized spacial score (nSPS) is 19.3. The molecule has 1 N–H and O–H groups in total. The van der Waals surface area contributed by atoms with Crippen LogP contribution in [-0.4, -0.2) is 42.8 Å². The molecule has 0 aromatic rings. The van der Waals surface area contributed by atoms with Crippen LogP contribution in [0, 0.1) is 5.92 Å². The molecule has 0 aliphatic carbocycles. The van der Waals surface area contributed by atoms with E-state index < -0.39 is 5.60 Å². The molecule has 0 radical (unpaired) electrons. The van der Waals surface area contributed by atoms with E-state index in [-0.39, 0.29) is 12.1 Å². The summed E-state index contributed by atoms with van der Waals surface area (Å²) >= 11 is 0. The largest absolute Gasteiger partial charge is 0.444 e. The van der Waals surface area contributed by atoms with Gasteiger partial charge in [0.2, 0.25) is 0 Å². The minimum absolute atomic E-state index is 0.234. The Hall–Kier alpha value is -0.770. The SMILES string of the molecule is CC(C1CNC1)N(C)C(=O)OC(C)(C)C. The molecule has 0 bridgehead atoms. The van der Waals surface area contributed by atoms with Gasteiger partial charge in [0.15, 0.2) is 0 Å². The second-order valence-electron chi connectivity index (χ2n) is 5.25. The van der Waals surface area contributed by atoms with E-state index in [1.165, 1.54) is 0 Å². The number of ether oxygens (including phenoxy) is 1. The van der Waals surface area contributed by atoms with Crippen molar-refractivity contribution in [2.24, 2.45) is 5.92 Å². The molecule has 1 amide bonds. The van der Waals surface area contributed by atoms with Crippen LogP contribution in [0.5, 0.6) is 0 Å². The fraction of sp³-hybridized carbons (Fsp3) is 0.909. The lowest BCUT2D eigenvalue weighted by atomic mass is 9.94. The maximum atomic E-state index is 11.7. The van der Waals surface area contributed by atoms with Crippen LogP contribution < -0.4 is 5.32 Å². The number of amides is 1. The number of nitrogens with zero attached hydrogens (tertiary/aromatic N) is 1. The summed E-state index contributed by atoms with van der Waals surface area (Å²) in [5.41, 5.74) is -0.414. The summed E-state index contributed by atoms with van der Waals surface area (Å²) in [6.07, 6.45) is -0.234. The van der Waals surface area contributed by atoms with Crippen LogP contribution in [0.15, 0.2) is 0 Å². The molecule has 0 saturated carbocycles. The van der Waals surface area contributed by atoms with E-state index in [0.29, 0.717) is 5.92 Å². The fourth-order valence-electron chi connectivity index (χ4n) is 1.47. The van der Waals surface area contributed by atoms with Gasteiger partial charge in [-0.2, -0.15) is 0 Å². The van der Waals surface area contributed by atoms with Crippen molar-refractivity contribution in [1.82, 2.24) is 10.2 Å². The van der Waals surface area contributed by atoms with Crippen LogP contribution in [0.25, 0.3) is 0 Å². The summed E-state index contributed by atoms with van der Waals surface area (Å²) < 4.78 is 5.31. The van der Waals surface area contributed by atoms with Crippen molar-refractivity contribution in [3.8, 4) is 0 Å². The summed E-state index contributed by atoms with van der Waals surface area (Å²) in [6, 6.07) is 0.237. The topological polar surface area (TPSA) is 41.6 Å². The second kappa shape index (κ2) is 4.39. The Morgan fingerprint density at radius 2 is 2.00 bits per heavy atom. The van der Waals surface area contributed by atoms with Crippen molar-refractivity contribution in [3.05, 3.63) is 0 Å². The predicted molar refractivity (Wildman–Crippen MR) is 59.8 cm³/mol. The second-order valence-corrected chi connectivity index (χ2v) is 5.25. The maximum absolute atomic E-state index is 11.7. The summed E-state index contributed by atoms with van der Waals surface area (Å²) in [4.78, 5) is 13.4. The van der Waals surface area contributed by atoms with Crippen LogP contribution in [-0.2, 0) is 4.74 Å². The van der Waals surface area contributed by atoms with Gasteiger partial charge in [-0.15, -0.1) is 0 Å². The average Bonchev–Trinajstić information content (AvgIpc) is 1.96. The van der Waals surface area contributed by atoms with Crippen LogP contribution in [0.3, 0.4) is 0 Å². The van der Waals surface area contributed by atoms with Gasteiger partial charge in [-0.25, -0.2) is 4.79 Å². The van der Waals surface area contributed by atoms with E-state index in [4.69, 9.17) is 4.74 Å². The van der Waals surface area contributed by atoms with E-state index in [1.807, 2.05) is 20.8 Å². The average molecular weight is 214 g/mol. The summed E-state index contributed by atoms with van der Waals surface area (Å²) in [5.74, 6) is 0.558. The number of carbonyl (C=O) groups excluding carboxylic acids is 1. The van der Waals surface area contributed by atoms with Crippen molar-refractivity contribution < 1.29 is 9.53 Å². The summed E-state index contributed by atoms with van der Waals surface area (Å²) in [7, 11) is 1.80. The van der Waals surface area contributed by atoms with Crippen molar-refractivity contribution in [1.29, 1.82) is 0 Å². The number of hydrogen-bond donors (Lipinski definition) is 1. The summed E-state index contributed by atoms with van der Waals surface area (Å²) in [6.45, 7) is 9.70. The highest BCUT2D eigenvalue weighted by atomic mass is 16.6. The first-order valence-electron chi connectivity index (χ1n) is 5.48. The molecule has 1 saturated heterocycles. The lowest BCUT2D eigenvalue weighted by Crippen LogP contribution is -2.54. The lowest BCUT2D eigenvalue weighted by Gasteiger charge is -2.38. The molecule has 4 nitrogen and oxygen atoms in total. The first kappa shape index (κ1) is 12.3. The quantitative estimate of drug-likeness (QED) is 0.756. The van der Waals surface area contributed by atoms with E-state index in [2.05, 4.69) is 12.2 Å². The van der Waals surface area contributed by atoms with Crippen LogP contribution >= 0.6 is 0 Å². The van der Waals surface area contributed by atoms with Gasteiger partial charge < -0.3 is 15.0 Å². The number of carbonyl (C=O) groups is 1. The summed E-state index contributed by atoms with van der Waals surface area (Å²) in [5, 5.41) is 3.21. The highest BCUT2D eigenvalue weighted by Crippen LogP contribution is 2.17. The Morgan fingerprint density at radius 3 is 2.33 bits per heavy atom. The third kappa shape index (κ3) is 3.38. The Balaban J connectivity index is 2.44. The molecule has 1 unspecified atom stereocenters. The van der Waals surface area contributed by atoms with Crippen molar-refractivity contribution >= 4 is 6.09 Å². The third-order valence-electron chi connectivity index (χ3n) is 2.79. The van der Waals surface area contributed by atoms with Gasteiger partial charge in [-0.05, 0) is 27.7 Å². The van der Waals surface area contributed by atoms with Gasteiger partial charge in [0.25, 0.3) is 0 Å². The number of rotatable bonds is 2. The zero-order valence-electron chi connectivity index (χ0n) is 10.3. The minimum Gasteiger partial charge on any atom is -0.444 e. The molecule has 0 spiro atoms. The van der Waals surface area contributed by atoms with Gasteiger partial charge in [0.1, 0.15) is 5.60 Å². The predicted octanol–water partition coefficient (Wildman–Crippen LogP) is 1.46. The Morgan fingerprint density at radius 1 is 1.47 bits per heavy atom. The van der Waals surface area contributed by atoms with Crippen molar-refractivity contribution in [3.63, 3.8) is 0 Å². The van der Waals surface area contributed by atoms with Crippen LogP contribution in [0.1, 0.15) is 27.7 Å². The van der Waals surface area contributed by atoms with Crippen molar-refractivity contribution in [2.75, 3.05) is 20.1 Å². The smallest absolute Gasteiger partial charge is 0.410 e. The molecule has 1 atom stereocenters. The van der Waals surface area contributed by atoms with Gasteiger partial charge in [0.05, 0.1) is 0 Å². The molecule has 1 aliphatic heterocycles. The van der Waals surface area contributed by atoms with Gasteiger partial charge in [-0.3, -0.25) is 0 Å². The van der Waals surface area contributed by atoms with E-state index in [9.17, 15) is 4.79 Å². The highest BCUT2D eigenvalue weighted by molar-refractivity contribution is 5.68.